The average Bonchev–Trinajstić information content (AvgIpc) is 2.28. The van der Waals surface area contributed by atoms with Gasteiger partial charge in [-0.25, -0.2) is 14.8 Å². The molecule has 1 heterocycles. The molecule has 88 valence electrons. The van der Waals surface area contributed by atoms with Crippen LogP contribution < -0.4 is 4.74 Å². The van der Waals surface area contributed by atoms with E-state index in [1.807, 2.05) is 0 Å². The predicted octanol–water partition coefficient (Wildman–Crippen LogP) is 2.35. The van der Waals surface area contributed by atoms with Gasteiger partial charge in [-0.15, -0.1) is 0 Å². The summed E-state index contributed by atoms with van der Waals surface area (Å²) in [5.74, 6) is -0.322. The molecular weight excluding hydrogens is 302 g/mol. The number of ether oxygens (including phenoxy) is 1. The van der Waals surface area contributed by atoms with Crippen LogP contribution in [0.1, 0.15) is 10.5 Å². The van der Waals surface area contributed by atoms with Gasteiger partial charge in [0.05, 0.1) is 0 Å². The summed E-state index contributed by atoms with van der Waals surface area (Å²) in [6, 6.07) is 5.98. The summed E-state index contributed by atoms with van der Waals surface area (Å²) in [7, 11) is 0. The van der Waals surface area contributed by atoms with E-state index in [-0.39, 0.29) is 62.8 Å². The standard InChI is InChI=1S/C11H6Cl2N2O2.K.H/c12-7-3-8(13)5-9(4-7)17-11(16)10-1-2-14-6-15-10;;/h1-6H;;. The van der Waals surface area contributed by atoms with Gasteiger partial charge in [-0.1, -0.05) is 23.2 Å². The average molecular weight is 309 g/mol. The van der Waals surface area contributed by atoms with Crippen LogP contribution in [0.15, 0.2) is 36.8 Å². The van der Waals surface area contributed by atoms with E-state index in [1.165, 1.54) is 30.7 Å². The Hall–Kier alpha value is -0.0136. The Balaban J connectivity index is 0.00000162. The van der Waals surface area contributed by atoms with Crippen LogP contribution in [0.3, 0.4) is 0 Å². The minimum absolute atomic E-state index is 0. The summed E-state index contributed by atoms with van der Waals surface area (Å²) in [4.78, 5) is 19.1. The summed E-state index contributed by atoms with van der Waals surface area (Å²) in [6.45, 7) is 0. The molecule has 0 aliphatic carbocycles. The summed E-state index contributed by atoms with van der Waals surface area (Å²) < 4.78 is 5.06. The number of esters is 1. The summed E-state index contributed by atoms with van der Waals surface area (Å²) in [6.07, 6.45) is 2.72. The monoisotopic (exact) mass is 308 g/mol. The van der Waals surface area contributed by atoms with Crippen LogP contribution >= 0.6 is 23.2 Å². The molecule has 0 saturated heterocycles. The number of hydrogen-bond acceptors (Lipinski definition) is 4. The van der Waals surface area contributed by atoms with Crippen molar-refractivity contribution in [2.24, 2.45) is 0 Å². The number of aromatic nitrogens is 2. The van der Waals surface area contributed by atoms with E-state index in [2.05, 4.69) is 9.97 Å². The van der Waals surface area contributed by atoms with Crippen molar-refractivity contribution in [2.45, 2.75) is 0 Å². The first-order valence-electron chi connectivity index (χ1n) is 4.59. The second-order valence-electron chi connectivity index (χ2n) is 3.09. The van der Waals surface area contributed by atoms with Crippen molar-refractivity contribution >= 4 is 80.6 Å². The van der Waals surface area contributed by atoms with Crippen LogP contribution in [0.4, 0.5) is 0 Å². The van der Waals surface area contributed by atoms with Gasteiger partial charge >= 0.3 is 57.4 Å². The Kier molecular flexibility index (Phi) is 6.72. The molecule has 0 N–H and O–H groups in total. The van der Waals surface area contributed by atoms with Gasteiger partial charge in [-0.3, -0.25) is 0 Å². The maximum atomic E-state index is 11.6. The molecule has 0 bridgehead atoms. The van der Waals surface area contributed by atoms with Crippen LogP contribution in [0.5, 0.6) is 5.75 Å². The third-order valence-corrected chi connectivity index (χ3v) is 2.27. The number of nitrogens with zero attached hydrogens (tertiary/aromatic N) is 2. The van der Waals surface area contributed by atoms with E-state index in [1.54, 1.807) is 6.07 Å². The predicted molar refractivity (Wildman–Crippen MR) is 70.6 cm³/mol. The van der Waals surface area contributed by atoms with Crippen LogP contribution in [0.25, 0.3) is 0 Å². The Morgan fingerprint density at radius 3 is 2.39 bits per heavy atom. The van der Waals surface area contributed by atoms with Crippen molar-refractivity contribution < 1.29 is 9.53 Å². The molecule has 2 rings (SSSR count). The quantitative estimate of drug-likeness (QED) is 0.485. The van der Waals surface area contributed by atoms with Gasteiger partial charge in [0.2, 0.25) is 0 Å². The van der Waals surface area contributed by atoms with Crippen molar-refractivity contribution in [1.82, 2.24) is 9.97 Å². The second-order valence-corrected chi connectivity index (χ2v) is 3.96. The van der Waals surface area contributed by atoms with Gasteiger partial charge in [0.1, 0.15) is 12.1 Å². The molecule has 0 unspecified atom stereocenters. The van der Waals surface area contributed by atoms with Gasteiger partial charge in [-0.2, -0.15) is 0 Å². The van der Waals surface area contributed by atoms with Gasteiger partial charge in [0.25, 0.3) is 0 Å². The van der Waals surface area contributed by atoms with Crippen molar-refractivity contribution in [1.29, 1.82) is 0 Å². The van der Waals surface area contributed by atoms with Gasteiger partial charge < -0.3 is 4.74 Å². The molecule has 2 aromatic rings. The summed E-state index contributed by atoms with van der Waals surface area (Å²) in [5.41, 5.74) is 0.163. The zero-order valence-electron chi connectivity index (χ0n) is 8.43. The van der Waals surface area contributed by atoms with E-state index in [9.17, 15) is 4.79 Å². The van der Waals surface area contributed by atoms with Crippen molar-refractivity contribution in [3.05, 3.63) is 52.5 Å². The third-order valence-electron chi connectivity index (χ3n) is 1.84. The first-order chi connectivity index (χ1) is 8.15. The zero-order valence-corrected chi connectivity index (χ0v) is 9.94. The van der Waals surface area contributed by atoms with Gasteiger partial charge in [-0.05, 0) is 24.3 Å². The molecule has 7 heteroatoms. The van der Waals surface area contributed by atoms with Gasteiger partial charge in [0, 0.05) is 16.2 Å². The van der Waals surface area contributed by atoms with E-state index in [0.717, 1.165) is 0 Å². The number of halogens is 2. The van der Waals surface area contributed by atoms with Crippen molar-refractivity contribution in [3.8, 4) is 5.75 Å². The Morgan fingerprint density at radius 2 is 1.83 bits per heavy atom. The SMILES string of the molecule is O=C(Oc1cc(Cl)cc(Cl)c1)c1ccncn1.[KH]. The molecular formula is C11H7Cl2KN2O2. The molecule has 0 amide bonds. The fourth-order valence-corrected chi connectivity index (χ4v) is 1.66. The molecule has 0 radical (unpaired) electrons. The Labute approximate surface area is 156 Å². The molecule has 0 saturated carbocycles. The zero-order chi connectivity index (χ0) is 12.3. The number of benzene rings is 1. The first kappa shape index (κ1) is 16.0. The molecule has 4 nitrogen and oxygen atoms in total. The molecule has 0 atom stereocenters. The first-order valence-corrected chi connectivity index (χ1v) is 5.35. The third kappa shape index (κ3) is 4.58. The van der Waals surface area contributed by atoms with Crippen LogP contribution in [-0.4, -0.2) is 67.3 Å². The number of carbonyl (C=O) groups is 1. The maximum absolute atomic E-state index is 11.6. The molecule has 18 heavy (non-hydrogen) atoms. The molecule has 1 aromatic heterocycles. The van der Waals surface area contributed by atoms with E-state index in [0.29, 0.717) is 10.0 Å². The molecule has 1 aromatic carbocycles. The Bertz CT molecular complexity index is 532. The number of hydrogen-bond donors (Lipinski definition) is 0. The van der Waals surface area contributed by atoms with Crippen LogP contribution in [-0.2, 0) is 0 Å². The normalized spacial score (nSPS) is 9.44. The fraction of sp³-hybridized carbons (Fsp3) is 0. The van der Waals surface area contributed by atoms with E-state index < -0.39 is 5.97 Å². The molecule has 0 fully saturated rings. The fourth-order valence-electron chi connectivity index (χ4n) is 1.16. The second kappa shape index (κ2) is 7.55. The number of carbonyl (C=O) groups excluding carboxylic acids is 1. The summed E-state index contributed by atoms with van der Waals surface area (Å²) in [5, 5.41) is 0.783. The number of rotatable bonds is 2. The molecule has 0 spiro atoms. The molecule has 0 aliphatic rings. The van der Waals surface area contributed by atoms with E-state index >= 15 is 0 Å². The van der Waals surface area contributed by atoms with Crippen LogP contribution in [0, 0.1) is 0 Å². The molecule has 0 aliphatic heterocycles. The van der Waals surface area contributed by atoms with Gasteiger partial charge in [0.15, 0.2) is 5.69 Å². The minimum atomic E-state index is -0.592. The van der Waals surface area contributed by atoms with E-state index in [4.69, 9.17) is 27.9 Å². The van der Waals surface area contributed by atoms with Crippen molar-refractivity contribution in [3.63, 3.8) is 0 Å². The summed E-state index contributed by atoms with van der Waals surface area (Å²) >= 11 is 11.6. The van der Waals surface area contributed by atoms with Crippen LogP contribution in [0.2, 0.25) is 10.0 Å². The Morgan fingerprint density at radius 1 is 1.17 bits per heavy atom. The van der Waals surface area contributed by atoms with Crippen molar-refractivity contribution in [2.75, 3.05) is 0 Å². The topological polar surface area (TPSA) is 52.1 Å².